The highest BCUT2D eigenvalue weighted by atomic mass is 32.2. The summed E-state index contributed by atoms with van der Waals surface area (Å²) in [5.74, 6) is 0.585. The summed E-state index contributed by atoms with van der Waals surface area (Å²) in [5, 5.41) is 5.23. The van der Waals surface area contributed by atoms with Crippen LogP contribution in [0.2, 0.25) is 0 Å². The molecule has 3 aromatic rings. The first kappa shape index (κ1) is 19.5. The molecule has 0 saturated heterocycles. The molecule has 0 bridgehead atoms. The average Bonchev–Trinajstić information content (AvgIpc) is 3.15. The number of rotatable bonds is 6. The maximum atomic E-state index is 12.3. The number of benzene rings is 1. The number of aryl methyl sites for hydroxylation is 3. The number of hydrogen-bond donors (Lipinski definition) is 1. The van der Waals surface area contributed by atoms with Crippen LogP contribution in [0.25, 0.3) is 11.0 Å². The molecule has 1 aromatic carbocycles. The van der Waals surface area contributed by atoms with Gasteiger partial charge in [0.05, 0.1) is 21.6 Å². The molecule has 2 heterocycles. The summed E-state index contributed by atoms with van der Waals surface area (Å²) in [6.07, 6.45) is 0.704. The lowest BCUT2D eigenvalue weighted by atomic mass is 10.3. The largest absolute Gasteiger partial charge is 0.331 e. The van der Waals surface area contributed by atoms with E-state index in [-0.39, 0.29) is 17.2 Å². The van der Waals surface area contributed by atoms with Gasteiger partial charge in [0.2, 0.25) is 15.9 Å². The Bertz CT molecular complexity index is 1100. The van der Waals surface area contributed by atoms with Crippen molar-refractivity contribution in [2.45, 2.75) is 24.7 Å². The number of imidazole rings is 1. The van der Waals surface area contributed by atoms with Crippen molar-refractivity contribution in [1.82, 2.24) is 18.8 Å². The molecule has 144 valence electrons. The van der Waals surface area contributed by atoms with Gasteiger partial charge < -0.3 is 9.88 Å². The normalized spacial score (nSPS) is 12.0. The first-order valence-electron chi connectivity index (χ1n) is 8.28. The monoisotopic (exact) mass is 407 g/mol. The Kier molecular flexibility index (Phi) is 5.31. The van der Waals surface area contributed by atoms with Crippen LogP contribution >= 0.6 is 11.3 Å². The molecule has 0 radical (unpaired) electrons. The fraction of sp³-hybridized carbons (Fsp3) is 0.353. The molecule has 0 unspecified atom stereocenters. The van der Waals surface area contributed by atoms with Crippen LogP contribution in [0.3, 0.4) is 0 Å². The molecule has 1 amide bonds. The number of aromatic nitrogens is 3. The smallest absolute Gasteiger partial charge is 0.242 e. The molecule has 0 spiro atoms. The summed E-state index contributed by atoms with van der Waals surface area (Å²) >= 11 is 1.39. The van der Waals surface area contributed by atoms with Gasteiger partial charge in [0.25, 0.3) is 0 Å². The van der Waals surface area contributed by atoms with E-state index in [1.807, 2.05) is 23.9 Å². The van der Waals surface area contributed by atoms with E-state index < -0.39 is 10.0 Å². The predicted octanol–water partition coefficient (Wildman–Crippen LogP) is 2.16. The SMILES string of the molecule is Cc1csc(NC(=O)CCc2nc3cc(S(=O)(=O)N(C)C)ccc3n2C)n1. The van der Waals surface area contributed by atoms with Gasteiger partial charge >= 0.3 is 0 Å². The van der Waals surface area contributed by atoms with Crippen LogP contribution in [-0.4, -0.2) is 47.3 Å². The van der Waals surface area contributed by atoms with Crippen LogP contribution < -0.4 is 5.32 Å². The molecule has 2 aromatic heterocycles. The summed E-state index contributed by atoms with van der Waals surface area (Å²) < 4.78 is 27.6. The average molecular weight is 408 g/mol. The van der Waals surface area contributed by atoms with Crippen molar-refractivity contribution in [1.29, 1.82) is 0 Å². The second-order valence-electron chi connectivity index (χ2n) is 6.37. The number of nitrogens with zero attached hydrogens (tertiary/aromatic N) is 4. The number of amides is 1. The van der Waals surface area contributed by atoms with Crippen LogP contribution in [-0.2, 0) is 28.3 Å². The van der Waals surface area contributed by atoms with E-state index in [1.54, 1.807) is 18.2 Å². The molecular weight excluding hydrogens is 386 g/mol. The Labute approximate surface area is 161 Å². The first-order chi connectivity index (χ1) is 12.7. The molecule has 0 aliphatic heterocycles. The van der Waals surface area contributed by atoms with E-state index in [0.29, 0.717) is 17.1 Å². The van der Waals surface area contributed by atoms with Gasteiger partial charge in [0, 0.05) is 39.4 Å². The highest BCUT2D eigenvalue weighted by molar-refractivity contribution is 7.89. The lowest BCUT2D eigenvalue weighted by Gasteiger charge is -2.10. The summed E-state index contributed by atoms with van der Waals surface area (Å²) in [6.45, 7) is 1.87. The Morgan fingerprint density at radius 1 is 1.30 bits per heavy atom. The molecule has 0 saturated carbocycles. The number of carbonyl (C=O) groups is 1. The Morgan fingerprint density at radius 2 is 2.04 bits per heavy atom. The molecule has 0 aliphatic rings. The second-order valence-corrected chi connectivity index (χ2v) is 9.38. The summed E-state index contributed by atoms with van der Waals surface area (Å²) in [6, 6.07) is 4.87. The fourth-order valence-electron chi connectivity index (χ4n) is 2.64. The van der Waals surface area contributed by atoms with Crippen molar-refractivity contribution in [3.05, 3.63) is 35.1 Å². The predicted molar refractivity (Wildman–Crippen MR) is 105 cm³/mol. The lowest BCUT2D eigenvalue weighted by Crippen LogP contribution is -2.22. The number of anilines is 1. The number of carbonyl (C=O) groups excluding carboxylic acids is 1. The molecule has 10 heteroatoms. The van der Waals surface area contributed by atoms with Crippen LogP contribution in [0.5, 0.6) is 0 Å². The fourth-order valence-corrected chi connectivity index (χ4v) is 4.27. The highest BCUT2D eigenvalue weighted by Gasteiger charge is 2.19. The van der Waals surface area contributed by atoms with Crippen molar-refractivity contribution in [2.24, 2.45) is 7.05 Å². The van der Waals surface area contributed by atoms with Crippen molar-refractivity contribution in [3.63, 3.8) is 0 Å². The molecule has 3 rings (SSSR count). The van der Waals surface area contributed by atoms with Gasteiger partial charge in [-0.05, 0) is 25.1 Å². The zero-order valence-corrected chi connectivity index (χ0v) is 17.2. The second kappa shape index (κ2) is 7.37. The molecule has 0 fully saturated rings. The number of sulfonamides is 1. The zero-order valence-electron chi connectivity index (χ0n) is 15.6. The highest BCUT2D eigenvalue weighted by Crippen LogP contribution is 2.22. The van der Waals surface area contributed by atoms with Gasteiger partial charge in [-0.25, -0.2) is 22.7 Å². The minimum Gasteiger partial charge on any atom is -0.331 e. The van der Waals surface area contributed by atoms with E-state index >= 15 is 0 Å². The quantitative estimate of drug-likeness (QED) is 0.675. The molecule has 0 atom stereocenters. The Morgan fingerprint density at radius 3 is 2.67 bits per heavy atom. The summed E-state index contributed by atoms with van der Waals surface area (Å²) in [4.78, 5) is 21.0. The Hall–Kier alpha value is -2.30. The summed E-state index contributed by atoms with van der Waals surface area (Å²) in [5.41, 5.74) is 2.28. The first-order valence-corrected chi connectivity index (χ1v) is 10.6. The van der Waals surface area contributed by atoms with Crippen LogP contribution in [0.1, 0.15) is 17.9 Å². The maximum absolute atomic E-state index is 12.3. The topological polar surface area (TPSA) is 97.2 Å². The van der Waals surface area contributed by atoms with Crippen LogP contribution in [0, 0.1) is 6.92 Å². The number of nitrogens with one attached hydrogen (secondary N) is 1. The zero-order chi connectivity index (χ0) is 19.8. The number of fused-ring (bicyclic) bond motifs is 1. The van der Waals surface area contributed by atoms with E-state index in [0.717, 1.165) is 17.0 Å². The molecule has 27 heavy (non-hydrogen) atoms. The van der Waals surface area contributed by atoms with Gasteiger partial charge in [0.1, 0.15) is 5.82 Å². The van der Waals surface area contributed by atoms with Gasteiger partial charge in [-0.3, -0.25) is 4.79 Å². The standard InChI is InChI=1S/C17H21N5O3S2/c1-11-10-26-17(18-11)20-16(23)8-7-15-19-13-9-12(27(24,25)21(2)3)5-6-14(13)22(15)4/h5-6,9-10H,7-8H2,1-4H3,(H,18,20,23). The number of hydrogen-bond acceptors (Lipinski definition) is 6. The van der Waals surface area contributed by atoms with E-state index in [2.05, 4.69) is 15.3 Å². The minimum atomic E-state index is -3.52. The van der Waals surface area contributed by atoms with Crippen LogP contribution in [0.4, 0.5) is 5.13 Å². The molecule has 8 nitrogen and oxygen atoms in total. The molecule has 1 N–H and O–H groups in total. The van der Waals surface area contributed by atoms with Gasteiger partial charge in [-0.1, -0.05) is 0 Å². The van der Waals surface area contributed by atoms with Gasteiger partial charge in [0.15, 0.2) is 5.13 Å². The maximum Gasteiger partial charge on any atom is 0.242 e. The summed E-state index contributed by atoms with van der Waals surface area (Å²) in [7, 11) is 1.32. The third-order valence-corrected chi connectivity index (χ3v) is 6.85. The van der Waals surface area contributed by atoms with Crippen molar-refractivity contribution in [2.75, 3.05) is 19.4 Å². The third kappa shape index (κ3) is 4.02. The minimum absolute atomic E-state index is 0.132. The van der Waals surface area contributed by atoms with Gasteiger partial charge in [-0.15, -0.1) is 11.3 Å². The van der Waals surface area contributed by atoms with E-state index in [4.69, 9.17) is 0 Å². The number of thiazole rings is 1. The van der Waals surface area contributed by atoms with E-state index in [1.165, 1.54) is 29.7 Å². The molecular formula is C17H21N5O3S2. The van der Waals surface area contributed by atoms with Crippen molar-refractivity contribution >= 4 is 43.4 Å². The lowest BCUT2D eigenvalue weighted by molar-refractivity contribution is -0.116. The molecule has 0 aliphatic carbocycles. The Balaban J connectivity index is 1.77. The van der Waals surface area contributed by atoms with Crippen LogP contribution in [0.15, 0.2) is 28.5 Å². The third-order valence-electron chi connectivity index (χ3n) is 4.16. The van der Waals surface area contributed by atoms with Gasteiger partial charge in [-0.2, -0.15) is 0 Å². The van der Waals surface area contributed by atoms with Crippen molar-refractivity contribution in [3.8, 4) is 0 Å². The van der Waals surface area contributed by atoms with Crippen molar-refractivity contribution < 1.29 is 13.2 Å². The van der Waals surface area contributed by atoms with E-state index in [9.17, 15) is 13.2 Å².